The van der Waals surface area contributed by atoms with Crippen LogP contribution in [0.15, 0.2) is 27.4 Å². The molecule has 0 radical (unpaired) electrons. The van der Waals surface area contributed by atoms with Crippen molar-refractivity contribution in [3.8, 4) is 0 Å². The van der Waals surface area contributed by atoms with E-state index >= 15 is 0 Å². The highest BCUT2D eigenvalue weighted by Gasteiger charge is 2.16. The van der Waals surface area contributed by atoms with Crippen molar-refractivity contribution in [3.63, 3.8) is 0 Å². The average molecular weight is 344 g/mol. The number of rotatable bonds is 6. The standard InChI is InChI=1S/C14H18BrNS2/c1-3-10-7-8-17-14(10)12(16-4-2)9-11-5-6-13(15)18-11/h5-8,12,16H,3-4,9H2,1-2H3. The fourth-order valence-corrected chi connectivity index (χ4v) is 4.71. The Morgan fingerprint density at radius 2 is 2.11 bits per heavy atom. The van der Waals surface area contributed by atoms with Gasteiger partial charge in [0.05, 0.1) is 3.79 Å². The first-order chi connectivity index (χ1) is 8.74. The summed E-state index contributed by atoms with van der Waals surface area (Å²) in [5.74, 6) is 0. The number of hydrogen-bond donors (Lipinski definition) is 1. The van der Waals surface area contributed by atoms with E-state index in [1.165, 1.54) is 19.1 Å². The predicted octanol–water partition coefficient (Wildman–Crippen LogP) is 5.03. The summed E-state index contributed by atoms with van der Waals surface area (Å²) >= 11 is 7.25. The fourth-order valence-electron chi connectivity index (χ4n) is 2.11. The molecule has 0 fully saturated rings. The highest BCUT2D eigenvalue weighted by Crippen LogP contribution is 2.31. The lowest BCUT2D eigenvalue weighted by Crippen LogP contribution is -2.22. The summed E-state index contributed by atoms with van der Waals surface area (Å²) in [7, 11) is 0. The molecule has 2 aromatic rings. The van der Waals surface area contributed by atoms with Crippen LogP contribution in [-0.4, -0.2) is 6.54 Å². The van der Waals surface area contributed by atoms with Crippen molar-refractivity contribution < 1.29 is 0 Å². The second-order valence-corrected chi connectivity index (χ2v) is 7.68. The van der Waals surface area contributed by atoms with Gasteiger partial charge in [-0.3, -0.25) is 0 Å². The van der Waals surface area contributed by atoms with Crippen LogP contribution >= 0.6 is 38.6 Å². The van der Waals surface area contributed by atoms with E-state index in [1.807, 2.05) is 22.7 Å². The molecule has 0 aliphatic heterocycles. The molecule has 0 aromatic carbocycles. The van der Waals surface area contributed by atoms with E-state index in [9.17, 15) is 0 Å². The van der Waals surface area contributed by atoms with E-state index < -0.39 is 0 Å². The largest absolute Gasteiger partial charge is 0.309 e. The van der Waals surface area contributed by atoms with Crippen molar-refractivity contribution in [3.05, 3.63) is 42.7 Å². The zero-order valence-electron chi connectivity index (χ0n) is 10.7. The quantitative estimate of drug-likeness (QED) is 0.775. The van der Waals surface area contributed by atoms with Gasteiger partial charge in [0.2, 0.25) is 0 Å². The van der Waals surface area contributed by atoms with E-state index in [2.05, 4.69) is 58.7 Å². The third kappa shape index (κ3) is 3.44. The molecule has 2 aromatic heterocycles. The molecule has 1 atom stereocenters. The summed E-state index contributed by atoms with van der Waals surface area (Å²) in [6.07, 6.45) is 2.20. The lowest BCUT2D eigenvalue weighted by atomic mass is 10.1. The Morgan fingerprint density at radius 1 is 1.28 bits per heavy atom. The molecule has 2 rings (SSSR count). The summed E-state index contributed by atoms with van der Waals surface area (Å²) in [6, 6.07) is 7.07. The molecule has 1 N–H and O–H groups in total. The van der Waals surface area contributed by atoms with Gasteiger partial charge in [0.15, 0.2) is 0 Å². The Morgan fingerprint density at radius 3 is 2.72 bits per heavy atom. The van der Waals surface area contributed by atoms with Gasteiger partial charge in [-0.1, -0.05) is 13.8 Å². The molecule has 0 saturated carbocycles. The third-order valence-corrected chi connectivity index (χ3v) is 5.68. The molecule has 4 heteroatoms. The summed E-state index contributed by atoms with van der Waals surface area (Å²) in [6.45, 7) is 5.42. The average Bonchev–Trinajstić information content (AvgIpc) is 2.97. The number of hydrogen-bond acceptors (Lipinski definition) is 3. The minimum Gasteiger partial charge on any atom is -0.309 e. The van der Waals surface area contributed by atoms with E-state index in [0.717, 1.165) is 19.4 Å². The van der Waals surface area contributed by atoms with E-state index in [4.69, 9.17) is 0 Å². The Bertz CT molecular complexity index is 489. The first-order valence-corrected chi connectivity index (χ1v) is 8.77. The van der Waals surface area contributed by atoms with Gasteiger partial charge < -0.3 is 5.32 Å². The number of likely N-dealkylation sites (N-methyl/N-ethyl adjacent to an activating group) is 1. The van der Waals surface area contributed by atoms with Crippen molar-refractivity contribution >= 4 is 38.6 Å². The molecule has 98 valence electrons. The van der Waals surface area contributed by atoms with E-state index in [1.54, 1.807) is 0 Å². The van der Waals surface area contributed by atoms with Crippen LogP contribution in [0.1, 0.15) is 35.2 Å². The molecule has 0 aliphatic rings. The van der Waals surface area contributed by atoms with Crippen molar-refractivity contribution in [2.75, 3.05) is 6.54 Å². The zero-order chi connectivity index (χ0) is 13.0. The van der Waals surface area contributed by atoms with E-state index in [-0.39, 0.29) is 0 Å². The Hall–Kier alpha value is -0.160. The Balaban J connectivity index is 2.17. The second-order valence-electron chi connectivity index (χ2n) is 4.18. The lowest BCUT2D eigenvalue weighted by Gasteiger charge is -2.17. The van der Waals surface area contributed by atoms with Crippen LogP contribution in [0.4, 0.5) is 0 Å². The van der Waals surface area contributed by atoms with Crippen LogP contribution in [0.2, 0.25) is 0 Å². The molecular formula is C14H18BrNS2. The van der Waals surface area contributed by atoms with Gasteiger partial charge in [0.1, 0.15) is 0 Å². The Kier molecular flexibility index (Phi) is 5.42. The number of nitrogens with one attached hydrogen (secondary N) is 1. The predicted molar refractivity (Wildman–Crippen MR) is 85.8 cm³/mol. The summed E-state index contributed by atoms with van der Waals surface area (Å²) in [5.41, 5.74) is 1.49. The van der Waals surface area contributed by atoms with Crippen molar-refractivity contribution in [1.29, 1.82) is 0 Å². The summed E-state index contributed by atoms with van der Waals surface area (Å²) in [4.78, 5) is 2.94. The van der Waals surface area contributed by atoms with Crippen LogP contribution in [0.3, 0.4) is 0 Å². The normalized spacial score (nSPS) is 12.8. The first kappa shape index (κ1) is 14.3. The third-order valence-electron chi connectivity index (χ3n) is 2.96. The highest BCUT2D eigenvalue weighted by atomic mass is 79.9. The van der Waals surface area contributed by atoms with Gasteiger partial charge in [0, 0.05) is 22.2 Å². The molecule has 0 amide bonds. The van der Waals surface area contributed by atoms with Crippen LogP contribution < -0.4 is 5.32 Å². The highest BCUT2D eigenvalue weighted by molar-refractivity contribution is 9.11. The SMILES string of the molecule is CCNC(Cc1ccc(Br)s1)c1sccc1CC. The summed E-state index contributed by atoms with van der Waals surface area (Å²) < 4.78 is 1.22. The van der Waals surface area contributed by atoms with Gasteiger partial charge in [-0.05, 0) is 58.0 Å². The van der Waals surface area contributed by atoms with Gasteiger partial charge in [-0.15, -0.1) is 22.7 Å². The second kappa shape index (κ2) is 6.85. The van der Waals surface area contributed by atoms with Crippen LogP contribution in [0.5, 0.6) is 0 Å². The number of thiophene rings is 2. The molecule has 0 saturated heterocycles. The number of halogens is 1. The van der Waals surface area contributed by atoms with Gasteiger partial charge in [-0.25, -0.2) is 0 Å². The maximum absolute atomic E-state index is 3.62. The number of aryl methyl sites for hydroxylation is 1. The van der Waals surface area contributed by atoms with Crippen LogP contribution in [0.25, 0.3) is 0 Å². The molecule has 18 heavy (non-hydrogen) atoms. The smallest absolute Gasteiger partial charge is 0.0701 e. The molecule has 0 bridgehead atoms. The minimum atomic E-state index is 0.454. The topological polar surface area (TPSA) is 12.0 Å². The van der Waals surface area contributed by atoms with Gasteiger partial charge in [0.25, 0.3) is 0 Å². The van der Waals surface area contributed by atoms with Gasteiger partial charge >= 0.3 is 0 Å². The molecule has 0 aliphatic carbocycles. The molecule has 0 spiro atoms. The molecule has 2 heterocycles. The zero-order valence-corrected chi connectivity index (χ0v) is 13.9. The molecular weight excluding hydrogens is 326 g/mol. The van der Waals surface area contributed by atoms with Crippen molar-refractivity contribution in [1.82, 2.24) is 5.32 Å². The first-order valence-electron chi connectivity index (χ1n) is 6.28. The molecule has 1 unspecified atom stereocenters. The maximum atomic E-state index is 3.62. The van der Waals surface area contributed by atoms with Crippen LogP contribution in [0, 0.1) is 0 Å². The minimum absolute atomic E-state index is 0.454. The fraction of sp³-hybridized carbons (Fsp3) is 0.429. The lowest BCUT2D eigenvalue weighted by molar-refractivity contribution is 0.558. The Labute approximate surface area is 125 Å². The van der Waals surface area contributed by atoms with Crippen LogP contribution in [-0.2, 0) is 12.8 Å². The van der Waals surface area contributed by atoms with Crippen molar-refractivity contribution in [2.24, 2.45) is 0 Å². The maximum Gasteiger partial charge on any atom is 0.0701 e. The van der Waals surface area contributed by atoms with Gasteiger partial charge in [-0.2, -0.15) is 0 Å². The van der Waals surface area contributed by atoms with Crippen molar-refractivity contribution in [2.45, 2.75) is 32.7 Å². The monoisotopic (exact) mass is 343 g/mol. The van der Waals surface area contributed by atoms with E-state index in [0.29, 0.717) is 6.04 Å². The molecule has 1 nitrogen and oxygen atoms in total. The summed E-state index contributed by atoms with van der Waals surface area (Å²) in [5, 5.41) is 5.83.